The summed E-state index contributed by atoms with van der Waals surface area (Å²) >= 11 is 6.20. The van der Waals surface area contributed by atoms with Crippen LogP contribution in [0.4, 0.5) is 0 Å². The molecule has 0 radical (unpaired) electrons. The SMILES string of the molecule is CCCCNC(=O)CN1CCN(C(=O)c2cc(Cl)c(OC)c(OC)c2)CC1. The van der Waals surface area contributed by atoms with Crippen LogP contribution in [0.25, 0.3) is 0 Å². The molecule has 1 fully saturated rings. The standard InChI is InChI=1S/C19H28ClN3O4/c1-4-5-6-21-17(24)13-22-7-9-23(10-8-22)19(25)14-11-15(20)18(27-3)16(12-14)26-2/h11-12H,4-10,13H2,1-3H3,(H,21,24). The zero-order valence-electron chi connectivity index (χ0n) is 16.2. The number of methoxy groups -OCH3 is 2. The first-order valence-electron chi connectivity index (χ1n) is 9.20. The van der Waals surface area contributed by atoms with Gasteiger partial charge >= 0.3 is 0 Å². The molecule has 27 heavy (non-hydrogen) atoms. The van der Waals surface area contributed by atoms with Gasteiger partial charge in [-0.05, 0) is 18.6 Å². The first kappa shape index (κ1) is 21.3. The number of unbranched alkanes of at least 4 members (excludes halogenated alkanes) is 1. The molecule has 0 aromatic heterocycles. The van der Waals surface area contributed by atoms with E-state index in [0.717, 1.165) is 12.8 Å². The number of ether oxygens (including phenoxy) is 2. The van der Waals surface area contributed by atoms with Crippen LogP contribution in [0.3, 0.4) is 0 Å². The van der Waals surface area contributed by atoms with E-state index in [1.165, 1.54) is 14.2 Å². The van der Waals surface area contributed by atoms with Crippen LogP contribution in [-0.4, -0.2) is 75.1 Å². The van der Waals surface area contributed by atoms with Crippen molar-refractivity contribution in [1.82, 2.24) is 15.1 Å². The second-order valence-corrected chi connectivity index (χ2v) is 6.87. The summed E-state index contributed by atoms with van der Waals surface area (Å²) in [6.45, 7) is 5.62. The molecule has 2 rings (SSSR count). The Morgan fingerprint density at radius 1 is 1.15 bits per heavy atom. The Bertz CT molecular complexity index is 661. The molecule has 1 aromatic carbocycles. The minimum atomic E-state index is -0.107. The van der Waals surface area contributed by atoms with Crippen molar-refractivity contribution in [2.75, 3.05) is 53.5 Å². The molecule has 0 bridgehead atoms. The topological polar surface area (TPSA) is 71.1 Å². The van der Waals surface area contributed by atoms with Crippen LogP contribution in [0.2, 0.25) is 5.02 Å². The number of carbonyl (C=O) groups excluding carboxylic acids is 2. The summed E-state index contributed by atoms with van der Waals surface area (Å²) in [7, 11) is 3.01. The Morgan fingerprint density at radius 3 is 2.44 bits per heavy atom. The highest BCUT2D eigenvalue weighted by molar-refractivity contribution is 6.32. The van der Waals surface area contributed by atoms with Gasteiger partial charge in [-0.25, -0.2) is 0 Å². The van der Waals surface area contributed by atoms with Gasteiger partial charge in [0.25, 0.3) is 5.91 Å². The number of nitrogens with zero attached hydrogens (tertiary/aromatic N) is 2. The van der Waals surface area contributed by atoms with Crippen LogP contribution < -0.4 is 14.8 Å². The fourth-order valence-electron chi connectivity index (χ4n) is 3.00. The third kappa shape index (κ3) is 5.74. The lowest BCUT2D eigenvalue weighted by atomic mass is 10.1. The molecular weight excluding hydrogens is 370 g/mol. The van der Waals surface area contributed by atoms with Gasteiger partial charge in [-0.2, -0.15) is 0 Å². The van der Waals surface area contributed by atoms with Crippen molar-refractivity contribution in [2.24, 2.45) is 0 Å². The number of benzene rings is 1. The normalized spacial score (nSPS) is 14.7. The zero-order valence-corrected chi connectivity index (χ0v) is 17.0. The van der Waals surface area contributed by atoms with Crippen molar-refractivity contribution >= 4 is 23.4 Å². The third-order valence-electron chi connectivity index (χ3n) is 4.56. The Hall–Kier alpha value is -1.99. The number of hydrogen-bond acceptors (Lipinski definition) is 5. The lowest BCUT2D eigenvalue weighted by molar-refractivity contribution is -0.122. The van der Waals surface area contributed by atoms with Crippen LogP contribution >= 0.6 is 11.6 Å². The van der Waals surface area contributed by atoms with E-state index in [-0.39, 0.29) is 11.8 Å². The second kappa shape index (κ2) is 10.4. The number of halogens is 1. The molecule has 8 heteroatoms. The summed E-state index contributed by atoms with van der Waals surface area (Å²) in [5, 5.41) is 3.25. The molecule has 2 amide bonds. The molecule has 0 aliphatic carbocycles. The molecule has 1 N–H and O–H groups in total. The van der Waals surface area contributed by atoms with E-state index in [2.05, 4.69) is 17.1 Å². The Morgan fingerprint density at radius 2 is 1.85 bits per heavy atom. The molecule has 0 spiro atoms. The van der Waals surface area contributed by atoms with E-state index in [1.807, 2.05) is 0 Å². The van der Waals surface area contributed by atoms with Gasteiger partial charge < -0.3 is 19.7 Å². The summed E-state index contributed by atoms with van der Waals surface area (Å²) in [4.78, 5) is 28.5. The summed E-state index contributed by atoms with van der Waals surface area (Å²) in [5.41, 5.74) is 0.461. The quantitative estimate of drug-likeness (QED) is 0.679. The molecule has 1 saturated heterocycles. The smallest absolute Gasteiger partial charge is 0.254 e. The first-order chi connectivity index (χ1) is 13.0. The fourth-order valence-corrected chi connectivity index (χ4v) is 3.28. The van der Waals surface area contributed by atoms with Crippen LogP contribution in [0.5, 0.6) is 11.5 Å². The van der Waals surface area contributed by atoms with Crippen molar-refractivity contribution in [3.8, 4) is 11.5 Å². The largest absolute Gasteiger partial charge is 0.493 e. The van der Waals surface area contributed by atoms with Crippen molar-refractivity contribution in [3.05, 3.63) is 22.7 Å². The molecule has 150 valence electrons. The molecule has 1 aromatic rings. The predicted octanol–water partition coefficient (Wildman–Crippen LogP) is 2.03. The molecular formula is C19H28ClN3O4. The van der Waals surface area contributed by atoms with Crippen LogP contribution in [-0.2, 0) is 4.79 Å². The fraction of sp³-hybridized carbons (Fsp3) is 0.579. The minimum absolute atomic E-state index is 0.0369. The number of nitrogens with one attached hydrogen (secondary N) is 1. The number of carbonyl (C=O) groups is 2. The highest BCUT2D eigenvalue weighted by Gasteiger charge is 2.25. The second-order valence-electron chi connectivity index (χ2n) is 6.47. The Labute approximate surface area is 165 Å². The van der Waals surface area contributed by atoms with Gasteiger partial charge in [0.2, 0.25) is 5.91 Å². The monoisotopic (exact) mass is 397 g/mol. The number of hydrogen-bond donors (Lipinski definition) is 1. The Kier molecular flexibility index (Phi) is 8.19. The summed E-state index contributed by atoms with van der Waals surface area (Å²) < 4.78 is 10.5. The highest BCUT2D eigenvalue weighted by Crippen LogP contribution is 2.36. The number of piperazine rings is 1. The molecule has 7 nitrogen and oxygen atoms in total. The maximum atomic E-state index is 12.8. The third-order valence-corrected chi connectivity index (χ3v) is 4.84. The summed E-state index contributed by atoms with van der Waals surface area (Å²) in [6.07, 6.45) is 2.04. The van der Waals surface area contributed by atoms with Crippen molar-refractivity contribution in [1.29, 1.82) is 0 Å². The molecule has 0 unspecified atom stereocenters. The van der Waals surface area contributed by atoms with E-state index < -0.39 is 0 Å². The van der Waals surface area contributed by atoms with Gasteiger partial charge in [-0.15, -0.1) is 0 Å². The van der Waals surface area contributed by atoms with Gasteiger partial charge in [-0.3, -0.25) is 14.5 Å². The maximum Gasteiger partial charge on any atom is 0.254 e. The molecule has 1 heterocycles. The van der Waals surface area contributed by atoms with E-state index in [4.69, 9.17) is 21.1 Å². The van der Waals surface area contributed by atoms with Gasteiger partial charge in [0.15, 0.2) is 11.5 Å². The van der Waals surface area contributed by atoms with Gasteiger partial charge in [0, 0.05) is 38.3 Å². The minimum Gasteiger partial charge on any atom is -0.493 e. The summed E-state index contributed by atoms with van der Waals surface area (Å²) in [5.74, 6) is 0.769. The van der Waals surface area contributed by atoms with Gasteiger partial charge in [0.1, 0.15) is 0 Å². The van der Waals surface area contributed by atoms with E-state index in [0.29, 0.717) is 61.4 Å². The van der Waals surface area contributed by atoms with Crippen molar-refractivity contribution in [3.63, 3.8) is 0 Å². The summed E-state index contributed by atoms with van der Waals surface area (Å²) in [6, 6.07) is 3.24. The van der Waals surface area contributed by atoms with Crippen LogP contribution in [0.1, 0.15) is 30.1 Å². The zero-order chi connectivity index (χ0) is 19.8. The maximum absolute atomic E-state index is 12.8. The molecule has 0 saturated carbocycles. The van der Waals surface area contributed by atoms with Gasteiger partial charge in [0.05, 0.1) is 25.8 Å². The van der Waals surface area contributed by atoms with Crippen molar-refractivity contribution in [2.45, 2.75) is 19.8 Å². The average Bonchev–Trinajstić information content (AvgIpc) is 2.67. The highest BCUT2D eigenvalue weighted by atomic mass is 35.5. The van der Waals surface area contributed by atoms with Crippen LogP contribution in [0, 0.1) is 0 Å². The molecule has 1 aliphatic rings. The average molecular weight is 398 g/mol. The molecule has 1 aliphatic heterocycles. The van der Waals surface area contributed by atoms with Crippen molar-refractivity contribution < 1.29 is 19.1 Å². The first-order valence-corrected chi connectivity index (χ1v) is 9.57. The van der Waals surface area contributed by atoms with E-state index >= 15 is 0 Å². The predicted molar refractivity (Wildman–Crippen MR) is 105 cm³/mol. The van der Waals surface area contributed by atoms with E-state index in [9.17, 15) is 9.59 Å². The van der Waals surface area contributed by atoms with Crippen LogP contribution in [0.15, 0.2) is 12.1 Å². The lowest BCUT2D eigenvalue weighted by Gasteiger charge is -2.34. The number of rotatable bonds is 8. The van der Waals surface area contributed by atoms with Gasteiger partial charge in [-0.1, -0.05) is 24.9 Å². The number of amides is 2. The van der Waals surface area contributed by atoms with E-state index in [1.54, 1.807) is 17.0 Å². The molecule has 0 atom stereocenters. The lowest BCUT2D eigenvalue weighted by Crippen LogP contribution is -2.51. The Balaban J connectivity index is 1.91.